The molecule has 10 nitrogen and oxygen atoms in total. The monoisotopic (exact) mass is 1270 g/mol. The summed E-state index contributed by atoms with van der Waals surface area (Å²) in [7, 11) is 4.16. The molecule has 42 heavy (non-hydrogen) atoms. The molecule has 2 rings (SSSR count). The minimum absolute atomic E-state index is 0. The first kappa shape index (κ1) is 49.1. The molecule has 0 radical (unpaired) electrons. The van der Waals surface area contributed by atoms with Crippen molar-refractivity contribution in [2.45, 2.75) is 86.3 Å². The predicted molar refractivity (Wildman–Crippen MR) is 209 cm³/mol. The number of carboxylic acids is 2. The van der Waals surface area contributed by atoms with E-state index >= 15 is 0 Å². The molecule has 2 aromatic heterocycles. The molecule has 0 aliphatic carbocycles. The number of aromatic amines is 2. The summed E-state index contributed by atoms with van der Waals surface area (Å²) >= 11 is 15.4. The quantitative estimate of drug-likeness (QED) is 0.125. The second-order valence-corrected chi connectivity index (χ2v) is 61.1. The van der Waals surface area contributed by atoms with Gasteiger partial charge in [-0.25, -0.2) is 9.97 Å². The third-order valence-electron chi connectivity index (χ3n) is 4.09. The van der Waals surface area contributed by atoms with Crippen molar-refractivity contribution in [1.82, 2.24) is 24.8 Å². The van der Waals surface area contributed by atoms with Crippen LogP contribution >= 0.6 is 123 Å². The van der Waals surface area contributed by atoms with E-state index in [4.69, 9.17) is 15.9 Å². The van der Waals surface area contributed by atoms with E-state index in [0.29, 0.717) is 15.9 Å². The number of rotatable bonds is 9. The summed E-state index contributed by atoms with van der Waals surface area (Å²) < 4.78 is 0.160. The van der Waals surface area contributed by atoms with E-state index < -0.39 is 24.0 Å². The Hall–Kier alpha value is 2.73. The van der Waals surface area contributed by atoms with Crippen molar-refractivity contribution in [3.63, 3.8) is 0 Å². The number of likely N-dealkylation sites (N-methyl/N-ethyl adjacent to an activating group) is 1. The van der Waals surface area contributed by atoms with Gasteiger partial charge in [0.05, 0.1) is 0 Å². The summed E-state index contributed by atoms with van der Waals surface area (Å²) in [5.74, 6) is -1.82. The number of hydrogen-bond donors (Lipinski definition) is 5. The number of H-pyrrole nitrogens is 2. The first-order chi connectivity index (χ1) is 18.6. The van der Waals surface area contributed by atoms with Crippen LogP contribution in [0.15, 0.2) is 22.7 Å². The van der Waals surface area contributed by atoms with Gasteiger partial charge in [0.2, 0.25) is 0 Å². The van der Waals surface area contributed by atoms with E-state index in [-0.39, 0.29) is 25.5 Å². The number of halogens is 6. The summed E-state index contributed by atoms with van der Waals surface area (Å²) in [6.07, 6.45) is 4.05. The molecule has 0 aliphatic rings. The third-order valence-corrected chi connectivity index (χ3v) is 6.12. The Morgan fingerprint density at radius 1 is 0.929 bits per heavy atom. The number of carboxylic acid groups (broad SMARTS) is 2. The van der Waals surface area contributed by atoms with Crippen molar-refractivity contribution in [3.8, 4) is 0 Å². The van der Waals surface area contributed by atoms with Gasteiger partial charge < -0.3 is 25.9 Å². The zero-order valence-corrected chi connectivity index (χ0v) is 39.6. The molecule has 0 saturated carbocycles. The number of nitrogens with zero attached hydrogens (tertiary/aromatic N) is 3. The molecule has 0 unspecified atom stereocenters. The van der Waals surface area contributed by atoms with E-state index in [1.165, 1.54) is 0 Å². The van der Waals surface area contributed by atoms with E-state index in [9.17, 15) is 9.59 Å². The normalized spacial score (nSPS) is 12.4. The van der Waals surface area contributed by atoms with Crippen molar-refractivity contribution in [2.24, 2.45) is 5.73 Å². The van der Waals surface area contributed by atoms with E-state index in [1.54, 1.807) is 54.9 Å². The Balaban J connectivity index is -0.000000583. The second-order valence-electron chi connectivity index (χ2n) is 10.3. The minimum atomic E-state index is -1.00. The molecule has 0 saturated heterocycles. The molecule has 2 heterocycles. The third kappa shape index (κ3) is 28.9. The molecule has 20 heteroatoms. The van der Waals surface area contributed by atoms with Gasteiger partial charge in [-0.3, -0.25) is 19.2 Å². The van der Waals surface area contributed by atoms with Crippen molar-refractivity contribution < 1.29 is 38.9 Å². The van der Waals surface area contributed by atoms with Gasteiger partial charge in [-0.1, -0.05) is 65.1 Å². The van der Waals surface area contributed by atoms with Gasteiger partial charge in [0.15, 0.2) is 10.3 Å². The van der Waals surface area contributed by atoms with E-state index in [2.05, 4.69) is 161 Å². The van der Waals surface area contributed by atoms with Gasteiger partial charge in [0, 0.05) is 46.1 Å². The van der Waals surface area contributed by atoms with Crippen LogP contribution in [0.2, 0.25) is 0 Å². The molecule has 2 aromatic rings. The average Bonchev–Trinajstić information content (AvgIpc) is 3.38. The topological polar surface area (TPSA) is 161 Å². The molecule has 0 bridgehead atoms. The molecule has 0 aromatic carbocycles. The number of thioether (sulfide) groups is 2. The SMILES string of the molecule is CC(C)(C)Sc1ncc(C[C@H](N)C(=O)O)[nH]1.CN(C)[C@@H](Cc1cnc(SC(C)(C)C)[nH]1)C(=O)O.F.[I][V]([I])[I].[I][V][I]. The summed E-state index contributed by atoms with van der Waals surface area (Å²) in [6, 6.07) is -1.41. The molecular formula is C22H39FI5N6O4S2V2. The van der Waals surface area contributed by atoms with E-state index in [1.807, 2.05) is 0 Å². The number of imidazole rings is 2. The van der Waals surface area contributed by atoms with Crippen LogP contribution in [0.25, 0.3) is 0 Å². The van der Waals surface area contributed by atoms with Gasteiger partial charge in [-0.05, 0) is 14.1 Å². The average molecular weight is 1270 g/mol. The Morgan fingerprint density at radius 2 is 1.26 bits per heavy atom. The van der Waals surface area contributed by atoms with Crippen molar-refractivity contribution in [3.05, 3.63) is 23.8 Å². The van der Waals surface area contributed by atoms with Crippen LogP contribution in [0, 0.1) is 0 Å². The number of hydrogen-bond acceptors (Lipinski definition) is 8. The fourth-order valence-corrected chi connectivity index (χ4v) is 4.33. The fraction of sp³-hybridized carbons (Fsp3) is 0.636. The second kappa shape index (κ2) is 25.7. The van der Waals surface area contributed by atoms with Crippen molar-refractivity contribution in [1.29, 1.82) is 0 Å². The summed E-state index contributed by atoms with van der Waals surface area (Å²) in [5.41, 5.74) is 7.03. The van der Waals surface area contributed by atoms with Crippen LogP contribution in [0.4, 0.5) is 4.70 Å². The Labute approximate surface area is 323 Å². The first-order valence-electron chi connectivity index (χ1n) is 11.6. The van der Waals surface area contributed by atoms with Crippen LogP contribution in [-0.4, -0.2) is 82.7 Å². The van der Waals surface area contributed by atoms with Gasteiger partial charge >= 0.3 is 126 Å². The van der Waals surface area contributed by atoms with Gasteiger partial charge in [0.1, 0.15) is 12.1 Å². The Morgan fingerprint density at radius 3 is 1.52 bits per heavy atom. The summed E-state index contributed by atoms with van der Waals surface area (Å²) in [4.78, 5) is 37.8. The van der Waals surface area contributed by atoms with Crippen LogP contribution in [0.3, 0.4) is 0 Å². The number of aliphatic carboxylic acids is 2. The zero-order chi connectivity index (χ0) is 32.6. The Bertz CT molecular complexity index is 1030. The molecule has 2 atom stereocenters. The van der Waals surface area contributed by atoms with Gasteiger partial charge in [-0.15, -0.1) is 0 Å². The van der Waals surface area contributed by atoms with Gasteiger partial charge in [-0.2, -0.15) is 0 Å². The number of nitrogens with two attached hydrogens (primary N) is 1. The maximum atomic E-state index is 11.1. The van der Waals surface area contributed by atoms with Crippen LogP contribution in [-0.2, 0) is 36.8 Å². The van der Waals surface area contributed by atoms with E-state index in [0.717, 1.165) is 21.7 Å². The van der Waals surface area contributed by atoms with Crippen molar-refractivity contribution >= 4 is 135 Å². The molecule has 0 amide bonds. The molecule has 0 fully saturated rings. The Kier molecular flexibility index (Phi) is 30.1. The zero-order valence-electron chi connectivity index (χ0n) is 24.4. The molecular weight excluding hydrogens is 1230 g/mol. The molecule has 245 valence electrons. The number of aromatic nitrogens is 4. The van der Waals surface area contributed by atoms with Gasteiger partial charge in [0.25, 0.3) is 0 Å². The van der Waals surface area contributed by atoms with Crippen LogP contribution in [0.5, 0.6) is 0 Å². The summed E-state index contributed by atoms with van der Waals surface area (Å²) in [6.45, 7) is 12.6. The number of nitrogens with one attached hydrogen (secondary N) is 2. The molecule has 6 N–H and O–H groups in total. The molecule has 0 spiro atoms. The standard InChI is InChI=1S/C12H21N3O2S.C10H17N3O2S.FH.5HI.2V/c1-12(2,3)18-11-13-7-8(14-11)6-9(10(16)17)15(4)5;1-10(2,3)16-9-12-5-6(13-9)4-7(11)8(14)15;;;;;;;;/h7,9H,6H2,1-5H3,(H,13,14)(H,16,17);5,7H,4,11H2,1-3H3,(H,12,13)(H,14,15);6*1H;;/q;;;;;;;;+2;+3/p-5/t9-;7-;;;;;;;;/m00......../s1. The summed E-state index contributed by atoms with van der Waals surface area (Å²) in [5, 5.41) is 19.4. The maximum absolute atomic E-state index is 11.1. The van der Waals surface area contributed by atoms with Crippen LogP contribution < -0.4 is 5.73 Å². The predicted octanol–water partition coefficient (Wildman–Crippen LogP) is 7.69. The van der Waals surface area contributed by atoms with Crippen LogP contribution in [0.1, 0.15) is 52.9 Å². The molecule has 0 aliphatic heterocycles. The number of carbonyl (C=O) groups is 2. The first-order valence-corrected chi connectivity index (χ1v) is 35.8. The van der Waals surface area contributed by atoms with Crippen molar-refractivity contribution in [2.75, 3.05) is 14.1 Å². The fourth-order valence-electron chi connectivity index (χ4n) is 2.59.